The van der Waals surface area contributed by atoms with Crippen LogP contribution >= 0.6 is 0 Å². The molecule has 0 unspecified atom stereocenters. The van der Waals surface area contributed by atoms with Crippen molar-refractivity contribution < 1.29 is 14.3 Å². The van der Waals surface area contributed by atoms with Gasteiger partial charge in [0.1, 0.15) is 0 Å². The summed E-state index contributed by atoms with van der Waals surface area (Å²) in [4.78, 5) is 13.4. The van der Waals surface area contributed by atoms with Gasteiger partial charge in [-0.2, -0.15) is 0 Å². The van der Waals surface area contributed by atoms with E-state index >= 15 is 0 Å². The average Bonchev–Trinajstić information content (AvgIpc) is 2.21. The van der Waals surface area contributed by atoms with Gasteiger partial charge in [0.25, 0.3) is 0 Å². The molecule has 1 fully saturated rings. The fourth-order valence-corrected chi connectivity index (χ4v) is 1.70. The summed E-state index contributed by atoms with van der Waals surface area (Å²) in [6, 6.07) is 0. The van der Waals surface area contributed by atoms with E-state index in [0.29, 0.717) is 6.61 Å². The van der Waals surface area contributed by atoms with E-state index in [4.69, 9.17) is 9.47 Å². The second kappa shape index (κ2) is 6.01. The Hall–Kier alpha value is -0.870. The zero-order valence-corrected chi connectivity index (χ0v) is 10.4. The summed E-state index contributed by atoms with van der Waals surface area (Å²) in [5.74, 6) is -0.270. The highest BCUT2D eigenvalue weighted by molar-refractivity contribution is 5.81. The van der Waals surface area contributed by atoms with E-state index < -0.39 is 0 Å². The smallest absolute Gasteiger partial charge is 0.330 e. The molecule has 1 rings (SSSR count). The normalized spacial score (nSPS) is 21.2. The van der Waals surface area contributed by atoms with Crippen LogP contribution in [0.5, 0.6) is 0 Å². The van der Waals surface area contributed by atoms with Gasteiger partial charge in [-0.25, -0.2) is 4.79 Å². The van der Waals surface area contributed by atoms with Crippen molar-refractivity contribution in [1.82, 2.24) is 4.90 Å². The Labute approximate surface area is 97.2 Å². The van der Waals surface area contributed by atoms with Gasteiger partial charge < -0.3 is 9.47 Å². The zero-order chi connectivity index (χ0) is 12.0. The topological polar surface area (TPSA) is 38.8 Å². The quantitative estimate of drug-likeness (QED) is 0.534. The Balaban J connectivity index is 2.38. The van der Waals surface area contributed by atoms with Crippen LogP contribution in [0.3, 0.4) is 0 Å². The van der Waals surface area contributed by atoms with E-state index in [0.717, 1.165) is 26.3 Å². The van der Waals surface area contributed by atoms with Crippen LogP contribution in [0, 0.1) is 0 Å². The lowest BCUT2D eigenvalue weighted by atomic mass is 10.0. The summed E-state index contributed by atoms with van der Waals surface area (Å²) in [6.07, 6.45) is 3.35. The Bertz CT molecular complexity index is 261. The summed E-state index contributed by atoms with van der Waals surface area (Å²) in [5, 5.41) is 0. The molecule has 1 heterocycles. The fraction of sp³-hybridized carbons (Fsp3) is 0.750. The maximum atomic E-state index is 11.1. The van der Waals surface area contributed by atoms with Crippen LogP contribution in [-0.2, 0) is 14.3 Å². The van der Waals surface area contributed by atoms with Gasteiger partial charge in [-0.15, -0.1) is 0 Å². The fourth-order valence-electron chi connectivity index (χ4n) is 1.70. The van der Waals surface area contributed by atoms with Crippen LogP contribution in [0.1, 0.15) is 20.8 Å². The van der Waals surface area contributed by atoms with Gasteiger partial charge in [0.15, 0.2) is 0 Å². The summed E-state index contributed by atoms with van der Waals surface area (Å²) < 4.78 is 10.2. The molecule has 0 amide bonds. The maximum absolute atomic E-state index is 11.1. The first-order valence-electron chi connectivity index (χ1n) is 5.72. The number of hydrogen-bond donors (Lipinski definition) is 0. The average molecular weight is 227 g/mol. The van der Waals surface area contributed by atoms with E-state index in [2.05, 4.69) is 18.7 Å². The van der Waals surface area contributed by atoms with Crippen molar-refractivity contribution in [2.24, 2.45) is 0 Å². The summed E-state index contributed by atoms with van der Waals surface area (Å²) in [5.41, 5.74) is 0.0389. The molecule has 4 heteroatoms. The molecule has 0 radical (unpaired) electrons. The Morgan fingerprint density at radius 2 is 2.31 bits per heavy atom. The van der Waals surface area contributed by atoms with Crippen molar-refractivity contribution >= 4 is 5.97 Å². The predicted octanol–water partition coefficient (Wildman–Crippen LogP) is 1.22. The standard InChI is InChI=1S/C12H21NO3/c1-4-16-11(14)6-5-7-13-8-9-15-10-12(13,2)3/h5-6H,4,7-10H2,1-3H3/b6-5+. The van der Waals surface area contributed by atoms with Gasteiger partial charge in [0.2, 0.25) is 0 Å². The highest BCUT2D eigenvalue weighted by Crippen LogP contribution is 2.18. The van der Waals surface area contributed by atoms with Gasteiger partial charge in [0, 0.05) is 24.7 Å². The number of nitrogens with zero attached hydrogens (tertiary/aromatic N) is 1. The Kier molecular flexibility index (Phi) is 4.96. The molecule has 0 aromatic rings. The number of carbonyl (C=O) groups excluding carboxylic acids is 1. The molecule has 0 aliphatic carbocycles. The second-order valence-corrected chi connectivity index (χ2v) is 4.47. The first kappa shape index (κ1) is 13.2. The molecule has 16 heavy (non-hydrogen) atoms. The molecule has 4 nitrogen and oxygen atoms in total. The lowest BCUT2D eigenvalue weighted by Crippen LogP contribution is -2.52. The third-order valence-corrected chi connectivity index (χ3v) is 2.68. The first-order valence-corrected chi connectivity index (χ1v) is 5.72. The number of ether oxygens (including phenoxy) is 2. The minimum atomic E-state index is -0.270. The van der Waals surface area contributed by atoms with Crippen molar-refractivity contribution in [3.63, 3.8) is 0 Å². The molecule has 0 aromatic heterocycles. The van der Waals surface area contributed by atoms with Crippen LogP contribution in [0.2, 0.25) is 0 Å². The molecule has 0 N–H and O–H groups in total. The number of rotatable bonds is 4. The minimum absolute atomic E-state index is 0.0389. The third kappa shape index (κ3) is 3.94. The maximum Gasteiger partial charge on any atom is 0.330 e. The third-order valence-electron chi connectivity index (χ3n) is 2.68. The molecule has 0 saturated carbocycles. The van der Waals surface area contributed by atoms with Crippen LogP contribution in [0.25, 0.3) is 0 Å². The second-order valence-electron chi connectivity index (χ2n) is 4.47. The Morgan fingerprint density at radius 1 is 1.56 bits per heavy atom. The van der Waals surface area contributed by atoms with E-state index in [1.165, 1.54) is 6.08 Å². The van der Waals surface area contributed by atoms with E-state index in [-0.39, 0.29) is 11.5 Å². The molecule has 0 atom stereocenters. The van der Waals surface area contributed by atoms with Crippen LogP contribution in [0.15, 0.2) is 12.2 Å². The molecular formula is C12H21NO3. The Morgan fingerprint density at radius 3 is 2.94 bits per heavy atom. The number of morpholine rings is 1. The van der Waals surface area contributed by atoms with Crippen molar-refractivity contribution in [3.05, 3.63) is 12.2 Å². The van der Waals surface area contributed by atoms with Gasteiger partial charge >= 0.3 is 5.97 Å². The number of hydrogen-bond acceptors (Lipinski definition) is 4. The summed E-state index contributed by atoms with van der Waals surface area (Å²) in [7, 11) is 0. The monoisotopic (exact) mass is 227 g/mol. The molecule has 1 saturated heterocycles. The van der Waals surface area contributed by atoms with E-state index in [9.17, 15) is 4.79 Å². The molecule has 1 aliphatic rings. The van der Waals surface area contributed by atoms with Crippen molar-refractivity contribution in [3.8, 4) is 0 Å². The van der Waals surface area contributed by atoms with E-state index in [1.807, 2.05) is 6.08 Å². The number of esters is 1. The number of carbonyl (C=O) groups is 1. The molecule has 0 aromatic carbocycles. The van der Waals surface area contributed by atoms with Crippen molar-refractivity contribution in [2.45, 2.75) is 26.3 Å². The lowest BCUT2D eigenvalue weighted by Gasteiger charge is -2.41. The molecule has 92 valence electrons. The zero-order valence-electron chi connectivity index (χ0n) is 10.4. The van der Waals surface area contributed by atoms with Crippen LogP contribution in [-0.4, -0.2) is 49.3 Å². The van der Waals surface area contributed by atoms with Gasteiger partial charge in [-0.3, -0.25) is 4.90 Å². The van der Waals surface area contributed by atoms with Gasteiger partial charge in [-0.05, 0) is 20.8 Å². The van der Waals surface area contributed by atoms with Crippen LogP contribution in [0.4, 0.5) is 0 Å². The highest BCUT2D eigenvalue weighted by atomic mass is 16.5. The molecule has 0 spiro atoms. The SMILES string of the molecule is CCOC(=O)/C=C/CN1CCOCC1(C)C. The summed E-state index contributed by atoms with van der Waals surface area (Å²) >= 11 is 0. The minimum Gasteiger partial charge on any atom is -0.463 e. The highest BCUT2D eigenvalue weighted by Gasteiger charge is 2.29. The van der Waals surface area contributed by atoms with Gasteiger partial charge in [0.05, 0.1) is 19.8 Å². The molecule has 0 bridgehead atoms. The van der Waals surface area contributed by atoms with Crippen molar-refractivity contribution in [1.29, 1.82) is 0 Å². The van der Waals surface area contributed by atoms with Gasteiger partial charge in [-0.1, -0.05) is 6.08 Å². The summed E-state index contributed by atoms with van der Waals surface area (Å²) in [6.45, 7) is 9.67. The van der Waals surface area contributed by atoms with E-state index in [1.54, 1.807) is 6.92 Å². The largest absolute Gasteiger partial charge is 0.463 e. The first-order chi connectivity index (χ1) is 7.56. The molecular weight excluding hydrogens is 206 g/mol. The molecule has 1 aliphatic heterocycles. The lowest BCUT2D eigenvalue weighted by molar-refractivity contribution is -0.137. The van der Waals surface area contributed by atoms with Crippen LogP contribution < -0.4 is 0 Å². The predicted molar refractivity (Wildman–Crippen MR) is 62.2 cm³/mol. The van der Waals surface area contributed by atoms with Crippen molar-refractivity contribution in [2.75, 3.05) is 32.9 Å².